The highest BCUT2D eigenvalue weighted by molar-refractivity contribution is 5.28. The lowest BCUT2D eigenvalue weighted by Crippen LogP contribution is -2.50. The topological polar surface area (TPSA) is 86.6 Å². The van der Waals surface area contributed by atoms with Crippen molar-refractivity contribution in [1.29, 1.82) is 0 Å². The van der Waals surface area contributed by atoms with Crippen LogP contribution < -0.4 is 9.47 Å². The molecule has 0 aliphatic carbocycles. The summed E-state index contributed by atoms with van der Waals surface area (Å²) in [6.45, 7) is 0.516. The molecule has 1 aliphatic heterocycles. The number of hydrogen-bond donors (Lipinski definition) is 2. The van der Waals surface area contributed by atoms with Crippen molar-refractivity contribution in [2.24, 2.45) is 0 Å². The molecule has 0 aromatic heterocycles. The standard InChI is InChI=1S/C28H32O7/c1-31-23-12-8-20(9-13-23)16-33-18-28(30)19-35-26(25(29)22-6-4-3-5-7-22)27(28)34-17-21-10-14-24(32-2)15-11-21/h3-15,25-27,29-30H,16-19H2,1-2H3/t25-,26+,27+,28+/m0/s1. The third-order valence-electron chi connectivity index (χ3n) is 6.17. The largest absolute Gasteiger partial charge is 0.497 e. The zero-order valence-electron chi connectivity index (χ0n) is 20.0. The molecule has 0 unspecified atom stereocenters. The molecule has 1 heterocycles. The minimum Gasteiger partial charge on any atom is -0.497 e. The molecule has 3 aromatic rings. The molecular weight excluding hydrogens is 448 g/mol. The van der Waals surface area contributed by atoms with Crippen molar-refractivity contribution in [3.8, 4) is 11.5 Å². The third kappa shape index (κ3) is 6.20. The highest BCUT2D eigenvalue weighted by Gasteiger charge is 2.52. The molecule has 7 nitrogen and oxygen atoms in total. The summed E-state index contributed by atoms with van der Waals surface area (Å²) in [6.07, 6.45) is -2.53. The average Bonchev–Trinajstić information content (AvgIpc) is 3.24. The fraction of sp³-hybridized carbons (Fsp3) is 0.357. The molecule has 0 saturated carbocycles. The lowest BCUT2D eigenvalue weighted by Gasteiger charge is -2.32. The minimum absolute atomic E-state index is 0.00961. The molecule has 0 amide bonds. The fourth-order valence-corrected chi connectivity index (χ4v) is 4.16. The van der Waals surface area contributed by atoms with E-state index in [-0.39, 0.29) is 19.8 Å². The highest BCUT2D eigenvalue weighted by atomic mass is 16.6. The molecule has 3 aromatic carbocycles. The van der Waals surface area contributed by atoms with E-state index in [1.54, 1.807) is 14.2 Å². The van der Waals surface area contributed by atoms with Gasteiger partial charge in [0.25, 0.3) is 0 Å². The van der Waals surface area contributed by atoms with Crippen LogP contribution in [0.2, 0.25) is 0 Å². The smallest absolute Gasteiger partial charge is 0.140 e. The van der Waals surface area contributed by atoms with Crippen LogP contribution in [-0.2, 0) is 27.4 Å². The Morgan fingerprint density at radius 3 is 2.00 bits per heavy atom. The molecule has 0 radical (unpaired) electrons. The van der Waals surface area contributed by atoms with Gasteiger partial charge >= 0.3 is 0 Å². The van der Waals surface area contributed by atoms with Gasteiger partial charge in [-0.1, -0.05) is 54.6 Å². The summed E-state index contributed by atoms with van der Waals surface area (Å²) in [5.74, 6) is 1.51. The predicted molar refractivity (Wildman–Crippen MR) is 130 cm³/mol. The van der Waals surface area contributed by atoms with Crippen LogP contribution >= 0.6 is 0 Å². The van der Waals surface area contributed by atoms with Gasteiger partial charge in [0.05, 0.1) is 40.6 Å². The van der Waals surface area contributed by atoms with Gasteiger partial charge < -0.3 is 33.9 Å². The Morgan fingerprint density at radius 1 is 0.857 bits per heavy atom. The van der Waals surface area contributed by atoms with Gasteiger partial charge in [-0.25, -0.2) is 0 Å². The normalized spacial score (nSPS) is 22.6. The summed E-state index contributed by atoms with van der Waals surface area (Å²) in [6, 6.07) is 24.3. The van der Waals surface area contributed by atoms with Crippen molar-refractivity contribution in [3.05, 3.63) is 95.6 Å². The molecule has 0 spiro atoms. The zero-order valence-corrected chi connectivity index (χ0v) is 20.0. The van der Waals surface area contributed by atoms with Gasteiger partial charge in [0.15, 0.2) is 0 Å². The first-order valence-electron chi connectivity index (χ1n) is 11.5. The first-order chi connectivity index (χ1) is 17.0. The Morgan fingerprint density at radius 2 is 1.43 bits per heavy atom. The Hall–Kier alpha value is -2.94. The number of aliphatic hydroxyl groups is 2. The third-order valence-corrected chi connectivity index (χ3v) is 6.17. The van der Waals surface area contributed by atoms with Crippen LogP contribution in [0.1, 0.15) is 22.8 Å². The molecule has 0 bridgehead atoms. The molecule has 2 N–H and O–H groups in total. The second-order valence-electron chi connectivity index (χ2n) is 8.66. The van der Waals surface area contributed by atoms with E-state index >= 15 is 0 Å². The summed E-state index contributed by atoms with van der Waals surface area (Å²) >= 11 is 0. The SMILES string of the molecule is COc1ccc(COC[C@@]2(O)CO[C@H]([C@@H](O)c3ccccc3)[C@H]2OCc2ccc(OC)cc2)cc1. The van der Waals surface area contributed by atoms with Crippen LogP contribution in [0.3, 0.4) is 0 Å². The summed E-state index contributed by atoms with van der Waals surface area (Å²) < 4.78 is 28.4. The first-order valence-corrected chi connectivity index (χ1v) is 11.5. The maximum atomic E-state index is 11.5. The number of ether oxygens (including phenoxy) is 5. The predicted octanol–water partition coefficient (Wildman–Crippen LogP) is 3.67. The van der Waals surface area contributed by atoms with Crippen LogP contribution in [0.4, 0.5) is 0 Å². The average molecular weight is 481 g/mol. The molecule has 1 fully saturated rings. The van der Waals surface area contributed by atoms with Crippen molar-refractivity contribution in [3.63, 3.8) is 0 Å². The van der Waals surface area contributed by atoms with Crippen molar-refractivity contribution in [2.45, 2.75) is 37.1 Å². The van der Waals surface area contributed by atoms with E-state index in [9.17, 15) is 10.2 Å². The molecule has 4 rings (SSSR count). The van der Waals surface area contributed by atoms with Gasteiger partial charge in [-0.3, -0.25) is 0 Å². The Labute approximate surface area is 205 Å². The lowest BCUT2D eigenvalue weighted by atomic mass is 9.92. The second-order valence-corrected chi connectivity index (χ2v) is 8.66. The molecule has 35 heavy (non-hydrogen) atoms. The van der Waals surface area contributed by atoms with Crippen molar-refractivity contribution in [2.75, 3.05) is 27.4 Å². The van der Waals surface area contributed by atoms with Gasteiger partial charge in [-0.05, 0) is 41.0 Å². The van der Waals surface area contributed by atoms with Crippen molar-refractivity contribution in [1.82, 2.24) is 0 Å². The molecule has 1 aliphatic rings. The number of rotatable bonds is 11. The first kappa shape index (κ1) is 25.2. The molecular formula is C28H32O7. The molecule has 1 saturated heterocycles. The lowest BCUT2D eigenvalue weighted by molar-refractivity contribution is -0.141. The highest BCUT2D eigenvalue weighted by Crippen LogP contribution is 2.36. The number of methoxy groups -OCH3 is 2. The summed E-state index contributed by atoms with van der Waals surface area (Å²) in [4.78, 5) is 0. The zero-order chi connectivity index (χ0) is 24.7. The molecule has 186 valence electrons. The number of benzene rings is 3. The van der Waals surface area contributed by atoms with Gasteiger partial charge in [-0.2, -0.15) is 0 Å². The van der Waals surface area contributed by atoms with Gasteiger partial charge in [0, 0.05) is 0 Å². The number of aliphatic hydroxyl groups excluding tert-OH is 1. The van der Waals surface area contributed by atoms with Crippen molar-refractivity contribution >= 4 is 0 Å². The van der Waals surface area contributed by atoms with E-state index in [1.165, 1.54) is 0 Å². The van der Waals surface area contributed by atoms with E-state index in [0.29, 0.717) is 12.2 Å². The molecule has 4 atom stereocenters. The van der Waals surface area contributed by atoms with Crippen LogP contribution in [0.25, 0.3) is 0 Å². The summed E-state index contributed by atoms with van der Waals surface area (Å²) in [5.41, 5.74) is 1.12. The minimum atomic E-state index is -1.43. The van der Waals surface area contributed by atoms with Crippen LogP contribution in [0.15, 0.2) is 78.9 Å². The Bertz CT molecular complexity index is 1040. The second kappa shape index (κ2) is 11.7. The van der Waals surface area contributed by atoms with Crippen LogP contribution in [0.5, 0.6) is 11.5 Å². The number of hydrogen-bond acceptors (Lipinski definition) is 7. The monoisotopic (exact) mass is 480 g/mol. The van der Waals surface area contributed by atoms with Crippen molar-refractivity contribution < 1.29 is 33.9 Å². The van der Waals surface area contributed by atoms with Gasteiger partial charge in [-0.15, -0.1) is 0 Å². The van der Waals surface area contributed by atoms with E-state index in [0.717, 1.165) is 22.6 Å². The Kier molecular flexibility index (Phi) is 8.38. The van der Waals surface area contributed by atoms with E-state index < -0.39 is 23.9 Å². The van der Waals surface area contributed by atoms with Gasteiger partial charge in [0.1, 0.15) is 35.4 Å². The molecule has 7 heteroatoms. The van der Waals surface area contributed by atoms with E-state index in [4.69, 9.17) is 23.7 Å². The summed E-state index contributed by atoms with van der Waals surface area (Å²) in [5, 5.41) is 22.6. The van der Waals surface area contributed by atoms with Gasteiger partial charge in [0.2, 0.25) is 0 Å². The Balaban J connectivity index is 1.46. The fourth-order valence-electron chi connectivity index (χ4n) is 4.16. The quantitative estimate of drug-likeness (QED) is 0.433. The maximum absolute atomic E-state index is 11.5. The maximum Gasteiger partial charge on any atom is 0.140 e. The summed E-state index contributed by atoms with van der Waals surface area (Å²) in [7, 11) is 3.23. The van der Waals surface area contributed by atoms with Crippen LogP contribution in [0, 0.1) is 0 Å². The van der Waals surface area contributed by atoms with Crippen LogP contribution in [-0.4, -0.2) is 55.5 Å². The van der Waals surface area contributed by atoms with E-state index in [1.807, 2.05) is 78.9 Å². The van der Waals surface area contributed by atoms with E-state index in [2.05, 4.69) is 0 Å².